The molecule has 2 unspecified atom stereocenters. The Morgan fingerprint density at radius 1 is 1.22 bits per heavy atom. The largest absolute Gasteiger partial charge is 0.497 e. The van der Waals surface area contributed by atoms with Crippen molar-refractivity contribution in [2.24, 2.45) is 11.7 Å². The van der Waals surface area contributed by atoms with Crippen LogP contribution >= 0.6 is 12.4 Å². The average molecular weight is 337 g/mol. The third kappa shape index (κ3) is 4.85. The molecule has 0 radical (unpaired) electrons. The van der Waals surface area contributed by atoms with Crippen LogP contribution in [0, 0.1) is 5.92 Å². The number of hydrogen-bond acceptors (Lipinski definition) is 3. The molecule has 2 atom stereocenters. The zero-order chi connectivity index (χ0) is 16.1. The van der Waals surface area contributed by atoms with Gasteiger partial charge in [0.25, 0.3) is 0 Å². The molecule has 0 aliphatic carbocycles. The lowest BCUT2D eigenvalue weighted by Gasteiger charge is -2.17. The summed E-state index contributed by atoms with van der Waals surface area (Å²) in [5.41, 5.74) is 6.99. The highest BCUT2D eigenvalue weighted by Crippen LogP contribution is 2.21. The number of benzene rings is 2. The molecule has 0 saturated heterocycles. The van der Waals surface area contributed by atoms with E-state index in [1.807, 2.05) is 44.2 Å². The van der Waals surface area contributed by atoms with E-state index in [1.54, 1.807) is 7.11 Å². The van der Waals surface area contributed by atoms with Gasteiger partial charge < -0.3 is 15.8 Å². The number of amides is 1. The Kier molecular flexibility index (Phi) is 7.33. The van der Waals surface area contributed by atoms with Gasteiger partial charge in [-0.05, 0) is 40.5 Å². The maximum Gasteiger partial charge on any atom is 0.237 e. The predicted octanol–water partition coefficient (Wildman–Crippen LogP) is 3.26. The Balaban J connectivity index is 0.00000264. The molecule has 0 aliphatic rings. The molecule has 0 aromatic heterocycles. The van der Waals surface area contributed by atoms with Gasteiger partial charge in [0.1, 0.15) is 5.75 Å². The number of carbonyl (C=O) groups is 1. The fourth-order valence-electron chi connectivity index (χ4n) is 2.33. The lowest BCUT2D eigenvalue weighted by molar-refractivity contribution is -0.123. The molecule has 2 rings (SSSR count). The molecule has 4 nitrogen and oxygen atoms in total. The van der Waals surface area contributed by atoms with E-state index in [0.29, 0.717) is 6.54 Å². The second-order valence-electron chi connectivity index (χ2n) is 5.68. The fraction of sp³-hybridized carbons (Fsp3) is 0.389. The van der Waals surface area contributed by atoms with Crippen LogP contribution in [0.3, 0.4) is 0 Å². The Morgan fingerprint density at radius 2 is 1.87 bits per heavy atom. The third-order valence-electron chi connectivity index (χ3n) is 4.14. The van der Waals surface area contributed by atoms with Crippen LogP contribution < -0.4 is 15.8 Å². The van der Waals surface area contributed by atoms with E-state index in [1.165, 1.54) is 0 Å². The van der Waals surface area contributed by atoms with Crippen LogP contribution in [0.1, 0.15) is 25.8 Å². The van der Waals surface area contributed by atoms with Gasteiger partial charge in [-0.2, -0.15) is 0 Å². The Labute approximate surface area is 143 Å². The Bertz CT molecular complexity index is 661. The minimum atomic E-state index is -0.449. The van der Waals surface area contributed by atoms with Crippen LogP contribution in [0.25, 0.3) is 10.8 Å². The summed E-state index contributed by atoms with van der Waals surface area (Å²) in [5.74, 6) is 0.932. The second kappa shape index (κ2) is 8.75. The summed E-state index contributed by atoms with van der Waals surface area (Å²) in [6.07, 6.45) is 0.895. The van der Waals surface area contributed by atoms with Crippen LogP contribution in [0.15, 0.2) is 36.4 Å². The fourth-order valence-corrected chi connectivity index (χ4v) is 2.33. The van der Waals surface area contributed by atoms with E-state index < -0.39 is 6.04 Å². The summed E-state index contributed by atoms with van der Waals surface area (Å²) < 4.78 is 5.22. The van der Waals surface area contributed by atoms with Gasteiger partial charge in [-0.1, -0.05) is 38.5 Å². The van der Waals surface area contributed by atoms with Crippen LogP contribution in [0.2, 0.25) is 0 Å². The number of hydrogen-bond donors (Lipinski definition) is 2. The number of ether oxygens (including phenoxy) is 1. The number of nitrogens with two attached hydrogens (primary N) is 1. The molecule has 0 heterocycles. The van der Waals surface area contributed by atoms with Crippen LogP contribution in [-0.4, -0.2) is 19.1 Å². The normalized spacial score (nSPS) is 13.0. The summed E-state index contributed by atoms with van der Waals surface area (Å²) in [6, 6.07) is 11.6. The average Bonchev–Trinajstić information content (AvgIpc) is 2.57. The standard InChI is InChI=1S/C18H24N2O2.ClH/c1-4-12(2)17(19)18(21)20-11-13-5-6-15-10-16(22-3)8-7-14(15)9-13;/h5-10,12,17H,4,11,19H2,1-3H3,(H,20,21);1H. The molecule has 126 valence electrons. The molecule has 0 saturated carbocycles. The topological polar surface area (TPSA) is 64.4 Å². The van der Waals surface area contributed by atoms with Crippen molar-refractivity contribution in [1.82, 2.24) is 5.32 Å². The van der Waals surface area contributed by atoms with E-state index in [2.05, 4.69) is 11.4 Å². The molecule has 0 bridgehead atoms. The van der Waals surface area contributed by atoms with Crippen LogP contribution in [-0.2, 0) is 11.3 Å². The number of nitrogens with one attached hydrogen (secondary N) is 1. The number of carbonyl (C=O) groups excluding carboxylic acids is 1. The first kappa shape index (κ1) is 19.3. The summed E-state index contributed by atoms with van der Waals surface area (Å²) in [6.45, 7) is 4.52. The van der Waals surface area contributed by atoms with Crippen molar-refractivity contribution < 1.29 is 9.53 Å². The Hall–Kier alpha value is -1.78. The number of rotatable bonds is 6. The van der Waals surface area contributed by atoms with E-state index in [-0.39, 0.29) is 24.2 Å². The highest BCUT2D eigenvalue weighted by Gasteiger charge is 2.18. The third-order valence-corrected chi connectivity index (χ3v) is 4.14. The van der Waals surface area contributed by atoms with Crippen LogP contribution in [0.5, 0.6) is 5.75 Å². The molecule has 1 amide bonds. The molecule has 23 heavy (non-hydrogen) atoms. The maximum atomic E-state index is 12.0. The van der Waals surface area contributed by atoms with Crippen molar-refractivity contribution in [1.29, 1.82) is 0 Å². The lowest BCUT2D eigenvalue weighted by atomic mass is 9.99. The van der Waals surface area contributed by atoms with E-state index in [9.17, 15) is 4.79 Å². The lowest BCUT2D eigenvalue weighted by Crippen LogP contribution is -2.44. The van der Waals surface area contributed by atoms with Gasteiger partial charge in [0.15, 0.2) is 0 Å². The SMILES string of the molecule is CCC(C)C(N)C(=O)NCc1ccc2cc(OC)ccc2c1.Cl. The van der Waals surface area contributed by atoms with Gasteiger partial charge in [-0.25, -0.2) is 0 Å². The van der Waals surface area contributed by atoms with Crippen molar-refractivity contribution in [2.75, 3.05) is 7.11 Å². The highest BCUT2D eigenvalue weighted by atomic mass is 35.5. The quantitative estimate of drug-likeness (QED) is 0.851. The van der Waals surface area contributed by atoms with E-state index in [4.69, 9.17) is 10.5 Å². The first-order chi connectivity index (χ1) is 10.5. The minimum absolute atomic E-state index is 0. The zero-order valence-corrected chi connectivity index (χ0v) is 14.7. The van der Waals surface area contributed by atoms with Gasteiger partial charge in [0, 0.05) is 6.54 Å². The zero-order valence-electron chi connectivity index (χ0n) is 13.8. The number of halogens is 1. The summed E-state index contributed by atoms with van der Waals surface area (Å²) in [7, 11) is 1.66. The van der Waals surface area contributed by atoms with Crippen molar-refractivity contribution in [3.63, 3.8) is 0 Å². The number of fused-ring (bicyclic) bond motifs is 1. The van der Waals surface area contributed by atoms with Crippen molar-refractivity contribution >= 4 is 29.1 Å². The van der Waals surface area contributed by atoms with Gasteiger partial charge >= 0.3 is 0 Å². The minimum Gasteiger partial charge on any atom is -0.497 e. The molecule has 2 aromatic rings. The van der Waals surface area contributed by atoms with Crippen molar-refractivity contribution in [3.8, 4) is 5.75 Å². The molecule has 3 N–H and O–H groups in total. The highest BCUT2D eigenvalue weighted by molar-refractivity contribution is 5.85. The first-order valence-corrected chi connectivity index (χ1v) is 7.65. The van der Waals surface area contributed by atoms with Gasteiger partial charge in [-0.3, -0.25) is 4.79 Å². The summed E-state index contributed by atoms with van der Waals surface area (Å²) in [4.78, 5) is 12.0. The van der Waals surface area contributed by atoms with E-state index >= 15 is 0 Å². The monoisotopic (exact) mass is 336 g/mol. The maximum absolute atomic E-state index is 12.0. The molecule has 0 aliphatic heterocycles. The molecule has 5 heteroatoms. The van der Waals surface area contributed by atoms with E-state index in [0.717, 1.165) is 28.5 Å². The summed E-state index contributed by atoms with van der Waals surface area (Å²) >= 11 is 0. The van der Waals surface area contributed by atoms with Crippen LogP contribution in [0.4, 0.5) is 0 Å². The molecule has 2 aromatic carbocycles. The molecular formula is C18H25ClN2O2. The predicted molar refractivity (Wildman–Crippen MR) is 97.0 cm³/mol. The first-order valence-electron chi connectivity index (χ1n) is 7.65. The summed E-state index contributed by atoms with van der Waals surface area (Å²) in [5, 5.41) is 5.15. The van der Waals surface area contributed by atoms with Gasteiger partial charge in [0.05, 0.1) is 13.2 Å². The smallest absolute Gasteiger partial charge is 0.237 e. The van der Waals surface area contributed by atoms with Gasteiger partial charge in [-0.15, -0.1) is 12.4 Å². The molecule has 0 spiro atoms. The Morgan fingerprint density at radius 3 is 2.52 bits per heavy atom. The molecular weight excluding hydrogens is 312 g/mol. The molecule has 0 fully saturated rings. The second-order valence-corrected chi connectivity index (χ2v) is 5.68. The number of methoxy groups -OCH3 is 1. The van der Waals surface area contributed by atoms with Crippen molar-refractivity contribution in [3.05, 3.63) is 42.0 Å². The van der Waals surface area contributed by atoms with Gasteiger partial charge in [0.2, 0.25) is 5.91 Å². The van der Waals surface area contributed by atoms with Crippen molar-refractivity contribution in [2.45, 2.75) is 32.9 Å².